The third-order valence-electron chi connectivity index (χ3n) is 5.07. The summed E-state index contributed by atoms with van der Waals surface area (Å²) in [5, 5.41) is 12.3. The molecule has 0 bridgehead atoms. The van der Waals surface area contributed by atoms with Crippen LogP contribution < -0.4 is 4.74 Å². The molecule has 2 aromatic carbocycles. The van der Waals surface area contributed by atoms with Crippen molar-refractivity contribution < 1.29 is 14.6 Å². The molecule has 0 spiro atoms. The minimum atomic E-state index is -1.07. The fraction of sp³-hybridized carbons (Fsp3) is 0.409. The van der Waals surface area contributed by atoms with Gasteiger partial charge in [0.15, 0.2) is 0 Å². The van der Waals surface area contributed by atoms with Crippen molar-refractivity contribution in [2.75, 3.05) is 19.7 Å². The van der Waals surface area contributed by atoms with E-state index in [0.29, 0.717) is 23.7 Å². The van der Waals surface area contributed by atoms with Gasteiger partial charge >= 0.3 is 0 Å². The van der Waals surface area contributed by atoms with Crippen LogP contribution in [0.15, 0.2) is 36.4 Å². The number of hydrogen-bond donors (Lipinski definition) is 1. The van der Waals surface area contributed by atoms with E-state index < -0.39 is 5.60 Å². The zero-order valence-electron chi connectivity index (χ0n) is 16.2. The lowest BCUT2D eigenvalue weighted by Crippen LogP contribution is -2.53. The standard InChI is InChI=1S/C22H25Cl2NO3/c1-15-9-19(10-16(2)21(15)24)28-14-22(27)7-4-8-25(13-22)20(26)12-17-5-3-6-18(23)11-17/h3,5-6,9-11,27H,4,7-8,12-14H2,1-2H3. The van der Waals surface area contributed by atoms with E-state index in [1.54, 1.807) is 17.0 Å². The lowest BCUT2D eigenvalue weighted by Gasteiger charge is -2.39. The predicted octanol–water partition coefficient (Wildman–Crippen LogP) is 4.59. The van der Waals surface area contributed by atoms with Gasteiger partial charge in [0.05, 0.1) is 13.0 Å². The highest BCUT2D eigenvalue weighted by Gasteiger charge is 2.36. The minimum absolute atomic E-state index is 0.0152. The van der Waals surface area contributed by atoms with Crippen molar-refractivity contribution in [1.29, 1.82) is 0 Å². The number of rotatable bonds is 5. The predicted molar refractivity (Wildman–Crippen MR) is 112 cm³/mol. The molecule has 4 nitrogen and oxygen atoms in total. The molecule has 0 aromatic heterocycles. The van der Waals surface area contributed by atoms with Crippen LogP contribution >= 0.6 is 23.2 Å². The number of carbonyl (C=O) groups excluding carboxylic acids is 1. The van der Waals surface area contributed by atoms with Gasteiger partial charge in [0, 0.05) is 16.6 Å². The molecule has 150 valence electrons. The Morgan fingerprint density at radius 1 is 1.21 bits per heavy atom. The lowest BCUT2D eigenvalue weighted by molar-refractivity contribution is -0.139. The maximum Gasteiger partial charge on any atom is 0.227 e. The Hall–Kier alpha value is -1.75. The molecule has 0 aliphatic carbocycles. The molecule has 1 atom stereocenters. The molecule has 28 heavy (non-hydrogen) atoms. The van der Waals surface area contributed by atoms with Crippen molar-refractivity contribution >= 4 is 29.1 Å². The molecule has 2 aromatic rings. The van der Waals surface area contributed by atoms with Crippen molar-refractivity contribution in [3.8, 4) is 5.75 Å². The number of nitrogens with zero attached hydrogens (tertiary/aromatic N) is 1. The van der Waals surface area contributed by atoms with E-state index >= 15 is 0 Å². The Balaban J connectivity index is 1.62. The zero-order chi connectivity index (χ0) is 20.3. The van der Waals surface area contributed by atoms with Crippen molar-refractivity contribution in [1.82, 2.24) is 4.90 Å². The van der Waals surface area contributed by atoms with Crippen molar-refractivity contribution in [2.45, 2.75) is 38.7 Å². The van der Waals surface area contributed by atoms with E-state index in [0.717, 1.165) is 28.1 Å². The van der Waals surface area contributed by atoms with Crippen LogP contribution in [0.3, 0.4) is 0 Å². The summed E-state index contributed by atoms with van der Waals surface area (Å²) in [5.41, 5.74) is 1.68. The number of amides is 1. The van der Waals surface area contributed by atoms with Gasteiger partial charge in [0.1, 0.15) is 18.0 Å². The number of ether oxygens (including phenoxy) is 1. The molecular weight excluding hydrogens is 397 g/mol. The van der Waals surface area contributed by atoms with Crippen LogP contribution in [0.5, 0.6) is 5.75 Å². The zero-order valence-corrected chi connectivity index (χ0v) is 17.7. The van der Waals surface area contributed by atoms with E-state index in [4.69, 9.17) is 27.9 Å². The number of β-amino-alcohol motifs (C(OH)–C–C–N with tert-alkyl or cyclic N) is 1. The lowest BCUT2D eigenvalue weighted by atomic mass is 9.93. The van der Waals surface area contributed by atoms with Gasteiger partial charge in [-0.05, 0) is 67.6 Å². The summed E-state index contributed by atoms with van der Waals surface area (Å²) in [6, 6.07) is 11.0. The van der Waals surface area contributed by atoms with Crippen molar-refractivity contribution in [3.05, 3.63) is 63.1 Å². The second-order valence-corrected chi connectivity index (χ2v) is 8.42. The van der Waals surface area contributed by atoms with E-state index in [1.807, 2.05) is 38.1 Å². The summed E-state index contributed by atoms with van der Waals surface area (Å²) >= 11 is 12.2. The third-order valence-corrected chi connectivity index (χ3v) is 5.90. The number of piperidine rings is 1. The Morgan fingerprint density at radius 3 is 2.61 bits per heavy atom. The molecule has 1 fully saturated rings. The molecule has 0 saturated carbocycles. The van der Waals surface area contributed by atoms with Gasteiger partial charge in [-0.3, -0.25) is 4.79 Å². The quantitative estimate of drug-likeness (QED) is 0.767. The highest BCUT2D eigenvalue weighted by atomic mass is 35.5. The third kappa shape index (κ3) is 5.19. The van der Waals surface area contributed by atoms with Crippen LogP contribution in [-0.2, 0) is 11.2 Å². The van der Waals surface area contributed by atoms with Crippen molar-refractivity contribution in [3.63, 3.8) is 0 Å². The Labute approximate surface area is 176 Å². The fourth-order valence-corrected chi connectivity index (χ4v) is 3.91. The maximum atomic E-state index is 12.7. The molecule has 0 radical (unpaired) electrons. The number of hydrogen-bond acceptors (Lipinski definition) is 3. The van der Waals surface area contributed by atoms with Crippen molar-refractivity contribution in [2.24, 2.45) is 0 Å². The number of aliphatic hydroxyl groups is 1. The molecule has 3 rings (SSSR count). The largest absolute Gasteiger partial charge is 0.491 e. The van der Waals surface area contributed by atoms with Crippen LogP contribution in [0.4, 0.5) is 0 Å². The summed E-state index contributed by atoms with van der Waals surface area (Å²) in [4.78, 5) is 14.4. The molecule has 1 amide bonds. The van der Waals surface area contributed by atoms with Crippen LogP contribution in [0.2, 0.25) is 10.0 Å². The Morgan fingerprint density at radius 2 is 1.93 bits per heavy atom. The number of likely N-dealkylation sites (tertiary alicyclic amines) is 1. The Bertz CT molecular complexity index is 848. The molecular formula is C22H25Cl2NO3. The van der Waals surface area contributed by atoms with E-state index in [-0.39, 0.29) is 25.5 Å². The normalized spacial score (nSPS) is 19.5. The van der Waals surface area contributed by atoms with E-state index in [1.165, 1.54) is 0 Å². The highest BCUT2D eigenvalue weighted by Crippen LogP contribution is 2.28. The van der Waals surface area contributed by atoms with Gasteiger partial charge in [-0.1, -0.05) is 35.3 Å². The topological polar surface area (TPSA) is 49.8 Å². The van der Waals surface area contributed by atoms with Gasteiger partial charge in [0.2, 0.25) is 5.91 Å². The number of halogens is 2. The smallest absolute Gasteiger partial charge is 0.227 e. The second kappa shape index (κ2) is 8.73. The highest BCUT2D eigenvalue weighted by molar-refractivity contribution is 6.32. The Kier molecular flexibility index (Phi) is 6.54. The first-order chi connectivity index (χ1) is 13.3. The summed E-state index contributed by atoms with van der Waals surface area (Å²) < 4.78 is 5.86. The number of benzene rings is 2. The summed E-state index contributed by atoms with van der Waals surface area (Å²) in [7, 11) is 0. The monoisotopic (exact) mass is 421 g/mol. The van der Waals surface area contributed by atoms with Crippen LogP contribution in [0, 0.1) is 13.8 Å². The van der Waals surface area contributed by atoms with Crippen LogP contribution in [-0.4, -0.2) is 41.2 Å². The molecule has 1 unspecified atom stereocenters. The first kappa shape index (κ1) is 21.0. The van der Waals surface area contributed by atoms with E-state index in [9.17, 15) is 9.90 Å². The van der Waals surface area contributed by atoms with Gasteiger partial charge in [-0.2, -0.15) is 0 Å². The summed E-state index contributed by atoms with van der Waals surface area (Å²) in [6.07, 6.45) is 1.60. The van der Waals surface area contributed by atoms with Gasteiger partial charge in [-0.25, -0.2) is 0 Å². The van der Waals surface area contributed by atoms with Crippen LogP contribution in [0.1, 0.15) is 29.5 Å². The second-order valence-electron chi connectivity index (χ2n) is 7.61. The maximum absolute atomic E-state index is 12.7. The number of aryl methyl sites for hydroxylation is 2. The molecule has 1 N–H and O–H groups in total. The fourth-order valence-electron chi connectivity index (χ4n) is 3.58. The molecule has 1 aliphatic rings. The van der Waals surface area contributed by atoms with Gasteiger partial charge < -0.3 is 14.7 Å². The molecule has 1 aliphatic heterocycles. The first-order valence-corrected chi connectivity index (χ1v) is 10.2. The first-order valence-electron chi connectivity index (χ1n) is 9.40. The van der Waals surface area contributed by atoms with Crippen LogP contribution in [0.25, 0.3) is 0 Å². The average molecular weight is 422 g/mol. The SMILES string of the molecule is Cc1cc(OCC2(O)CCCN(C(=O)Cc3cccc(Cl)c3)C2)cc(C)c1Cl. The van der Waals surface area contributed by atoms with E-state index in [2.05, 4.69) is 0 Å². The minimum Gasteiger partial charge on any atom is -0.491 e. The molecule has 6 heteroatoms. The van der Waals surface area contributed by atoms with Gasteiger partial charge in [0.25, 0.3) is 0 Å². The summed E-state index contributed by atoms with van der Waals surface area (Å²) in [6.45, 7) is 4.88. The molecule has 1 saturated heterocycles. The summed E-state index contributed by atoms with van der Waals surface area (Å²) in [5.74, 6) is 0.661. The average Bonchev–Trinajstić information content (AvgIpc) is 2.64. The molecule has 1 heterocycles. The van der Waals surface area contributed by atoms with Gasteiger partial charge in [-0.15, -0.1) is 0 Å². The number of carbonyl (C=O) groups is 1.